The number of aldehydes is 1. The number of ketones is 2. The molecule has 3 atom stereocenters. The average Bonchev–Trinajstić information content (AvgIpc) is 1.29. The number of likely N-dealkylation sites (N-methyl/N-ethyl adjacent to an activating group) is 1. The Kier molecular flexibility index (Phi) is 19.7. The van der Waals surface area contributed by atoms with Gasteiger partial charge in [0.25, 0.3) is 5.91 Å². The number of phenols is 2. The number of benzene rings is 4. The summed E-state index contributed by atoms with van der Waals surface area (Å²) < 4.78 is 23.9. The molecule has 3 aliphatic rings. The molecule has 444 valence electrons. The van der Waals surface area contributed by atoms with Crippen molar-refractivity contribution in [3.63, 3.8) is 0 Å². The first kappa shape index (κ1) is 62.0. The summed E-state index contributed by atoms with van der Waals surface area (Å²) in [6, 6.07) is 17.0. The number of nitrogens with zero attached hydrogens (tertiary/aromatic N) is 4. The maximum Gasteiger partial charge on any atom is 0.410 e. The van der Waals surface area contributed by atoms with E-state index < -0.39 is 46.9 Å². The van der Waals surface area contributed by atoms with E-state index in [4.69, 9.17) is 18.9 Å². The number of aliphatic imine (C=N–C) groups is 1. The molecule has 2 aliphatic heterocycles. The quantitative estimate of drug-likeness (QED) is 0.0273. The number of fused-ring (bicyclic) bond motifs is 3. The largest absolute Gasteiger partial charge is 0.508 e. The van der Waals surface area contributed by atoms with Gasteiger partial charge in [-0.25, -0.2) is 14.6 Å². The lowest BCUT2D eigenvalue weighted by molar-refractivity contribution is -0.139. The molecule has 22 nitrogen and oxygen atoms in total. The van der Waals surface area contributed by atoms with Crippen LogP contribution >= 0.6 is 23.1 Å². The minimum atomic E-state index is -1.97. The van der Waals surface area contributed by atoms with Crippen LogP contribution in [0.2, 0.25) is 0 Å². The lowest BCUT2D eigenvalue weighted by Gasteiger charge is -2.40. The molecule has 6 N–H and O–H groups in total. The summed E-state index contributed by atoms with van der Waals surface area (Å²) >= 11 is 2.69. The SMILES string of the molecule is CC1=C(C)C(=O)C(C(C)(C)CC(=O)N(C)CCN(CCOCCOCCC(=O)NCCNC(=O)c2ccc(C3(O)c4ccc(O)cc4Oc4cc(O)ccc43)c(C=O)c2)C(=O)OCc2ccc3nc(C4=NC(C(=O)O)CS4)sc3c2)C(C)C1=O. The van der Waals surface area contributed by atoms with Crippen LogP contribution in [0.15, 0.2) is 88.9 Å². The van der Waals surface area contributed by atoms with Gasteiger partial charge >= 0.3 is 12.1 Å². The molecule has 3 unspecified atom stereocenters. The van der Waals surface area contributed by atoms with E-state index in [1.54, 1.807) is 40.0 Å². The molecule has 84 heavy (non-hydrogen) atoms. The molecule has 3 heterocycles. The van der Waals surface area contributed by atoms with E-state index in [1.165, 1.54) is 87.5 Å². The number of aromatic hydroxyl groups is 2. The molecule has 4 aromatic carbocycles. The van der Waals surface area contributed by atoms with Gasteiger partial charge in [0.15, 0.2) is 17.6 Å². The van der Waals surface area contributed by atoms with E-state index in [2.05, 4.69) is 20.6 Å². The molecular formula is C60H66N6O16S2. The maximum atomic E-state index is 13.7. The van der Waals surface area contributed by atoms with Gasteiger partial charge in [0.05, 0.1) is 36.6 Å². The fourth-order valence-electron chi connectivity index (χ4n) is 10.4. The molecule has 0 fully saturated rings. The summed E-state index contributed by atoms with van der Waals surface area (Å²) in [4.78, 5) is 115. The van der Waals surface area contributed by atoms with E-state index in [9.17, 15) is 58.8 Å². The van der Waals surface area contributed by atoms with E-state index in [0.29, 0.717) is 44.3 Å². The number of amides is 4. The number of hydrogen-bond donors (Lipinski definition) is 6. The Morgan fingerprint density at radius 1 is 0.833 bits per heavy atom. The highest BCUT2D eigenvalue weighted by Gasteiger charge is 2.47. The zero-order valence-corrected chi connectivity index (χ0v) is 48.9. The van der Waals surface area contributed by atoms with Gasteiger partial charge in [-0.15, -0.1) is 23.1 Å². The van der Waals surface area contributed by atoms with E-state index in [-0.39, 0.29) is 153 Å². The number of carboxylic acid groups (broad SMARTS) is 1. The lowest BCUT2D eigenvalue weighted by Crippen LogP contribution is -2.46. The highest BCUT2D eigenvalue weighted by atomic mass is 32.2. The monoisotopic (exact) mass is 1190 g/mol. The van der Waals surface area contributed by atoms with Gasteiger partial charge in [0.1, 0.15) is 51.5 Å². The van der Waals surface area contributed by atoms with E-state index >= 15 is 0 Å². The van der Waals surface area contributed by atoms with Gasteiger partial charge in [0, 0.05) is 110 Å². The normalized spacial score (nSPS) is 17.2. The number of carbonyl (C=O) groups is 8. The summed E-state index contributed by atoms with van der Waals surface area (Å²) in [7, 11) is 1.61. The second-order valence-electron chi connectivity index (χ2n) is 21.4. The molecule has 0 spiro atoms. The number of hydrogen-bond acceptors (Lipinski definition) is 19. The number of allylic oxidation sites excluding steroid dienone is 2. The molecule has 0 saturated heterocycles. The summed E-state index contributed by atoms with van der Waals surface area (Å²) in [5.41, 5.74) is 0.0767. The van der Waals surface area contributed by atoms with Crippen molar-refractivity contribution in [1.29, 1.82) is 0 Å². The summed E-state index contributed by atoms with van der Waals surface area (Å²) in [5, 5.41) is 48.6. The predicted octanol–water partition coefficient (Wildman–Crippen LogP) is 6.38. The molecule has 4 amide bonds. The highest BCUT2D eigenvalue weighted by Crippen LogP contribution is 2.52. The number of nitrogens with one attached hydrogen (secondary N) is 2. The first-order valence-corrected chi connectivity index (χ1v) is 28.9. The Morgan fingerprint density at radius 3 is 2.15 bits per heavy atom. The Hall–Kier alpha value is -8.03. The molecule has 24 heteroatoms. The number of ether oxygens (including phenoxy) is 4. The van der Waals surface area contributed by atoms with Gasteiger partial charge in [-0.05, 0) is 84.5 Å². The Balaban J connectivity index is 0.785. The number of carboxylic acids is 1. The second kappa shape index (κ2) is 26.7. The van der Waals surface area contributed by atoms with Gasteiger partial charge in [-0.3, -0.25) is 33.8 Å². The van der Waals surface area contributed by atoms with Crippen molar-refractivity contribution in [3.8, 4) is 23.0 Å². The molecule has 5 aromatic rings. The average molecular weight is 1190 g/mol. The maximum absolute atomic E-state index is 13.7. The minimum absolute atomic E-state index is 0.00370. The van der Waals surface area contributed by atoms with Crippen molar-refractivity contribution >= 4 is 86.0 Å². The Bertz CT molecular complexity index is 3420. The Labute approximate surface area is 492 Å². The van der Waals surface area contributed by atoms with Crippen LogP contribution in [0.5, 0.6) is 23.0 Å². The number of carbonyl (C=O) groups excluding carboxylic acids is 7. The zero-order valence-electron chi connectivity index (χ0n) is 47.2. The van der Waals surface area contributed by atoms with Crippen molar-refractivity contribution in [2.24, 2.45) is 22.2 Å². The predicted molar refractivity (Wildman–Crippen MR) is 311 cm³/mol. The van der Waals surface area contributed by atoms with Gasteiger partial charge < -0.3 is 59.8 Å². The number of thioether (sulfide) groups is 1. The van der Waals surface area contributed by atoms with E-state index in [1.807, 2.05) is 19.9 Å². The van der Waals surface area contributed by atoms with Crippen LogP contribution in [-0.2, 0) is 50.4 Å². The standard InChI is InChI=1S/C60H66N6O16S2/c1-33-34(2)53(73)51(35(3)52(33)72)59(4,5)29-50(71)65(6)18-19-66(58(77)81-31-36-7-14-44-48(25-36)84-56(63-44)55-64-45(32-83-55)57(75)76)20-22-80-24-23-79-21-15-49(70)61-16-17-62-54(74)37-8-11-41(38(26-37)30-67)60(78)42-12-9-39(68)27-46(42)82-47-28-40(69)10-13-43(47)60/h7-14,25-28,30,35,45,51,68-69,78H,15-24,29,31-32H2,1-6H3,(H,61,70)(H,62,74)(H,75,76). The molecule has 0 bridgehead atoms. The number of phenolic OH excluding ortho intramolecular Hbond substituents is 2. The number of aliphatic hydroxyl groups is 1. The van der Waals surface area contributed by atoms with Gasteiger partial charge in [-0.2, -0.15) is 0 Å². The summed E-state index contributed by atoms with van der Waals surface area (Å²) in [5.74, 6) is -3.42. The third-order valence-corrected chi connectivity index (χ3v) is 17.3. The fourth-order valence-corrected chi connectivity index (χ4v) is 12.5. The molecule has 1 aromatic heterocycles. The highest BCUT2D eigenvalue weighted by molar-refractivity contribution is 8.15. The third-order valence-electron chi connectivity index (χ3n) is 15.1. The van der Waals surface area contributed by atoms with Crippen molar-refractivity contribution in [1.82, 2.24) is 25.4 Å². The lowest BCUT2D eigenvalue weighted by atomic mass is 9.62. The summed E-state index contributed by atoms with van der Waals surface area (Å²) in [6.07, 6.45) is -0.175. The molecule has 1 aliphatic carbocycles. The molecular weight excluding hydrogens is 1120 g/mol. The van der Waals surface area contributed by atoms with E-state index in [0.717, 1.165) is 4.70 Å². The van der Waals surface area contributed by atoms with Crippen LogP contribution in [0.1, 0.15) is 95.4 Å². The van der Waals surface area contributed by atoms with Crippen molar-refractivity contribution < 1.29 is 77.7 Å². The number of rotatable bonds is 25. The fraction of sp³-hybridized carbons (Fsp3) is 0.400. The Morgan fingerprint density at radius 2 is 1.49 bits per heavy atom. The summed E-state index contributed by atoms with van der Waals surface area (Å²) in [6.45, 7) is 9.29. The van der Waals surface area contributed by atoms with Gasteiger partial charge in [-0.1, -0.05) is 32.9 Å². The topological polar surface area (TPSA) is 310 Å². The first-order valence-electron chi connectivity index (χ1n) is 27.1. The zero-order chi connectivity index (χ0) is 60.6. The smallest absolute Gasteiger partial charge is 0.410 e. The molecule has 0 saturated carbocycles. The minimum Gasteiger partial charge on any atom is -0.508 e. The number of thiazole rings is 1. The van der Waals surface area contributed by atoms with Crippen LogP contribution in [-0.4, -0.2) is 166 Å². The van der Waals surface area contributed by atoms with Crippen LogP contribution in [0.25, 0.3) is 10.2 Å². The first-order chi connectivity index (χ1) is 40.0. The van der Waals surface area contributed by atoms with Crippen LogP contribution in [0.4, 0.5) is 4.79 Å². The number of aromatic nitrogens is 1. The second-order valence-corrected chi connectivity index (χ2v) is 23.4. The van der Waals surface area contributed by atoms with Crippen LogP contribution in [0.3, 0.4) is 0 Å². The van der Waals surface area contributed by atoms with Crippen molar-refractivity contribution in [3.05, 3.63) is 122 Å². The van der Waals surface area contributed by atoms with Crippen molar-refractivity contribution in [2.45, 2.75) is 65.7 Å². The third kappa shape index (κ3) is 14.0. The van der Waals surface area contributed by atoms with Crippen LogP contribution < -0.4 is 15.4 Å². The van der Waals surface area contributed by atoms with Crippen molar-refractivity contribution in [2.75, 3.05) is 72.0 Å². The van der Waals surface area contributed by atoms with Crippen LogP contribution in [0, 0.1) is 17.3 Å². The molecule has 8 rings (SSSR count). The number of aliphatic carboxylic acids is 1. The van der Waals surface area contributed by atoms with Gasteiger partial charge in [0.2, 0.25) is 11.8 Å². The number of Topliss-reactive ketones (excluding diaryl/α,β-unsaturated/α-hetero) is 2. The molecule has 0 radical (unpaired) electrons.